The molecule has 7 nitrogen and oxygen atoms in total. The molecule has 2 N–H and O–H groups in total. The average molecular weight is 399 g/mol. The standard InChI is InChI=1S/C22H30N4O3/c1-4-29-20-10-9-18(15-21(20)27-3)25-22(23-2)24-16-17-7-5-6-8-19(17)26-11-13-28-14-12-26/h5-10,15H,4,11-14,16H2,1-3H3,(H2,23,24,25). The van der Waals surface area contributed by atoms with E-state index in [0.717, 1.165) is 37.7 Å². The normalized spacial score (nSPS) is 14.4. The molecule has 0 amide bonds. The third-order valence-corrected chi connectivity index (χ3v) is 4.74. The highest BCUT2D eigenvalue weighted by Gasteiger charge is 2.14. The molecule has 2 aromatic carbocycles. The van der Waals surface area contributed by atoms with Gasteiger partial charge in [0.15, 0.2) is 17.5 Å². The van der Waals surface area contributed by atoms with E-state index < -0.39 is 0 Å². The van der Waals surface area contributed by atoms with E-state index in [1.165, 1.54) is 11.3 Å². The summed E-state index contributed by atoms with van der Waals surface area (Å²) in [6.45, 7) is 6.57. The number of rotatable bonds is 7. The number of anilines is 2. The Morgan fingerprint density at radius 1 is 1.14 bits per heavy atom. The molecule has 3 rings (SSSR count). The Bertz CT molecular complexity index is 819. The second kappa shape index (κ2) is 10.6. The molecule has 7 heteroatoms. The number of hydrogen-bond donors (Lipinski definition) is 2. The number of morpholine rings is 1. The smallest absolute Gasteiger partial charge is 0.195 e. The number of ether oxygens (including phenoxy) is 3. The molecule has 0 atom stereocenters. The van der Waals surface area contributed by atoms with Crippen LogP contribution in [0.1, 0.15) is 12.5 Å². The maximum absolute atomic E-state index is 5.58. The van der Waals surface area contributed by atoms with Gasteiger partial charge in [-0.05, 0) is 30.7 Å². The SMILES string of the molecule is CCOc1ccc(NC(=NC)NCc2ccccc2N2CCOCC2)cc1OC. The molecule has 0 aromatic heterocycles. The quantitative estimate of drug-likeness (QED) is 0.552. The number of hydrogen-bond acceptors (Lipinski definition) is 5. The fourth-order valence-corrected chi connectivity index (χ4v) is 3.29. The largest absolute Gasteiger partial charge is 0.493 e. The molecular weight excluding hydrogens is 368 g/mol. The first-order valence-electron chi connectivity index (χ1n) is 9.94. The average Bonchev–Trinajstić information content (AvgIpc) is 2.78. The van der Waals surface area contributed by atoms with Gasteiger partial charge in [0, 0.05) is 44.1 Å². The minimum Gasteiger partial charge on any atom is -0.493 e. The van der Waals surface area contributed by atoms with Gasteiger partial charge < -0.3 is 29.7 Å². The van der Waals surface area contributed by atoms with Crippen LogP contribution in [0.15, 0.2) is 47.5 Å². The van der Waals surface area contributed by atoms with Crippen molar-refractivity contribution in [1.82, 2.24) is 5.32 Å². The molecule has 1 aliphatic heterocycles. The summed E-state index contributed by atoms with van der Waals surface area (Å²) in [5.41, 5.74) is 3.34. The molecule has 0 aliphatic carbocycles. The molecule has 0 unspecified atom stereocenters. The van der Waals surface area contributed by atoms with Crippen molar-refractivity contribution < 1.29 is 14.2 Å². The van der Waals surface area contributed by atoms with Crippen LogP contribution in [0.25, 0.3) is 0 Å². The molecule has 2 aromatic rings. The second-order valence-electron chi connectivity index (χ2n) is 6.58. The van der Waals surface area contributed by atoms with Crippen LogP contribution >= 0.6 is 0 Å². The third kappa shape index (κ3) is 5.54. The van der Waals surface area contributed by atoms with Crippen molar-refractivity contribution in [3.05, 3.63) is 48.0 Å². The Labute approximate surface area is 172 Å². The van der Waals surface area contributed by atoms with Gasteiger partial charge in [0.05, 0.1) is 26.9 Å². The van der Waals surface area contributed by atoms with Gasteiger partial charge in [-0.2, -0.15) is 0 Å². The summed E-state index contributed by atoms with van der Waals surface area (Å²) in [6, 6.07) is 14.2. The van der Waals surface area contributed by atoms with Crippen LogP contribution in [-0.2, 0) is 11.3 Å². The third-order valence-electron chi connectivity index (χ3n) is 4.74. The minimum atomic E-state index is 0.592. The molecule has 0 saturated carbocycles. The van der Waals surface area contributed by atoms with Gasteiger partial charge in [-0.15, -0.1) is 0 Å². The Morgan fingerprint density at radius 3 is 2.66 bits per heavy atom. The fourth-order valence-electron chi connectivity index (χ4n) is 3.29. The highest BCUT2D eigenvalue weighted by Crippen LogP contribution is 2.30. The van der Waals surface area contributed by atoms with E-state index in [9.17, 15) is 0 Å². The van der Waals surface area contributed by atoms with Crippen LogP contribution in [0.3, 0.4) is 0 Å². The zero-order valence-electron chi connectivity index (χ0n) is 17.4. The van der Waals surface area contributed by atoms with Crippen molar-refractivity contribution in [3.63, 3.8) is 0 Å². The summed E-state index contributed by atoms with van der Waals surface area (Å²) in [7, 11) is 3.40. The van der Waals surface area contributed by atoms with E-state index in [-0.39, 0.29) is 0 Å². The molecule has 156 valence electrons. The first-order chi connectivity index (χ1) is 14.2. The summed E-state index contributed by atoms with van der Waals surface area (Å²) < 4.78 is 16.5. The van der Waals surface area contributed by atoms with Crippen LogP contribution in [-0.4, -0.2) is 53.0 Å². The van der Waals surface area contributed by atoms with Crippen molar-refractivity contribution in [2.24, 2.45) is 4.99 Å². The van der Waals surface area contributed by atoms with Gasteiger partial charge >= 0.3 is 0 Å². The first-order valence-corrected chi connectivity index (χ1v) is 9.94. The van der Waals surface area contributed by atoms with Gasteiger partial charge in [-0.1, -0.05) is 18.2 Å². The molecular formula is C22H30N4O3. The van der Waals surface area contributed by atoms with Crippen LogP contribution in [0, 0.1) is 0 Å². The lowest BCUT2D eigenvalue weighted by Crippen LogP contribution is -2.37. The molecule has 0 radical (unpaired) electrons. The van der Waals surface area contributed by atoms with Gasteiger partial charge in [-0.3, -0.25) is 4.99 Å². The van der Waals surface area contributed by atoms with Gasteiger partial charge in [-0.25, -0.2) is 0 Å². The van der Waals surface area contributed by atoms with Crippen molar-refractivity contribution in [2.45, 2.75) is 13.5 Å². The number of nitrogens with zero attached hydrogens (tertiary/aromatic N) is 2. The van der Waals surface area contributed by atoms with Crippen LogP contribution in [0.4, 0.5) is 11.4 Å². The predicted octanol–water partition coefficient (Wildman–Crippen LogP) is 3.12. The molecule has 1 saturated heterocycles. The molecule has 0 spiro atoms. The maximum atomic E-state index is 5.58. The zero-order valence-corrected chi connectivity index (χ0v) is 17.4. The topological polar surface area (TPSA) is 67.4 Å². The zero-order chi connectivity index (χ0) is 20.5. The Morgan fingerprint density at radius 2 is 1.93 bits per heavy atom. The Kier molecular flexibility index (Phi) is 7.58. The first kappa shape index (κ1) is 20.8. The number of nitrogens with one attached hydrogen (secondary N) is 2. The van der Waals surface area contributed by atoms with Gasteiger partial charge in [0.2, 0.25) is 0 Å². The lowest BCUT2D eigenvalue weighted by Gasteiger charge is -2.30. The summed E-state index contributed by atoms with van der Waals surface area (Å²) >= 11 is 0. The Balaban J connectivity index is 1.66. The molecule has 1 heterocycles. The predicted molar refractivity (Wildman–Crippen MR) is 117 cm³/mol. The number of aliphatic imine (C=N–C) groups is 1. The second-order valence-corrected chi connectivity index (χ2v) is 6.58. The maximum Gasteiger partial charge on any atom is 0.195 e. The van der Waals surface area contributed by atoms with E-state index in [1.54, 1.807) is 14.2 Å². The lowest BCUT2D eigenvalue weighted by molar-refractivity contribution is 0.122. The summed E-state index contributed by atoms with van der Waals surface area (Å²) in [5, 5.41) is 6.71. The number of guanidine groups is 1. The summed E-state index contributed by atoms with van der Waals surface area (Å²) in [4.78, 5) is 6.71. The van der Waals surface area contributed by atoms with E-state index in [0.29, 0.717) is 24.9 Å². The van der Waals surface area contributed by atoms with Crippen molar-refractivity contribution in [1.29, 1.82) is 0 Å². The lowest BCUT2D eigenvalue weighted by atomic mass is 10.1. The van der Waals surface area contributed by atoms with Crippen LogP contribution in [0.2, 0.25) is 0 Å². The van der Waals surface area contributed by atoms with Crippen molar-refractivity contribution in [3.8, 4) is 11.5 Å². The summed E-state index contributed by atoms with van der Waals surface area (Å²) in [5.74, 6) is 2.10. The molecule has 1 fully saturated rings. The highest BCUT2D eigenvalue weighted by molar-refractivity contribution is 5.93. The molecule has 29 heavy (non-hydrogen) atoms. The monoisotopic (exact) mass is 398 g/mol. The number of benzene rings is 2. The van der Waals surface area contributed by atoms with Crippen LogP contribution in [0.5, 0.6) is 11.5 Å². The van der Waals surface area contributed by atoms with E-state index in [4.69, 9.17) is 14.2 Å². The number of methoxy groups -OCH3 is 1. The van der Waals surface area contributed by atoms with Gasteiger partial charge in [0.25, 0.3) is 0 Å². The molecule has 1 aliphatic rings. The highest BCUT2D eigenvalue weighted by atomic mass is 16.5. The van der Waals surface area contributed by atoms with Crippen molar-refractivity contribution in [2.75, 3.05) is 57.3 Å². The van der Waals surface area contributed by atoms with E-state index in [2.05, 4.69) is 44.8 Å². The van der Waals surface area contributed by atoms with Crippen LogP contribution < -0.4 is 25.0 Å². The fraction of sp³-hybridized carbons (Fsp3) is 0.409. The Hall–Kier alpha value is -2.93. The van der Waals surface area contributed by atoms with Crippen molar-refractivity contribution >= 4 is 17.3 Å². The van der Waals surface area contributed by atoms with E-state index >= 15 is 0 Å². The molecule has 0 bridgehead atoms. The van der Waals surface area contributed by atoms with E-state index in [1.807, 2.05) is 25.1 Å². The minimum absolute atomic E-state index is 0.592. The van der Waals surface area contributed by atoms with Gasteiger partial charge in [0.1, 0.15) is 0 Å². The number of para-hydroxylation sites is 1. The summed E-state index contributed by atoms with van der Waals surface area (Å²) in [6.07, 6.45) is 0.